The van der Waals surface area contributed by atoms with E-state index in [0.717, 1.165) is 35.1 Å². The molecule has 0 radical (unpaired) electrons. The van der Waals surface area contributed by atoms with Crippen LogP contribution in [-0.4, -0.2) is 58.3 Å². The number of methoxy groups -OCH3 is 1. The molecule has 2 aliphatic heterocycles. The van der Waals surface area contributed by atoms with Crippen molar-refractivity contribution in [2.24, 2.45) is 23.7 Å². The van der Waals surface area contributed by atoms with Gasteiger partial charge in [0.25, 0.3) is 0 Å². The second-order valence-electron chi connectivity index (χ2n) is 10.9. The van der Waals surface area contributed by atoms with Crippen LogP contribution in [0.15, 0.2) is 59.8 Å². The molecule has 9 nitrogen and oxygen atoms in total. The number of aromatic nitrogens is 1. The SMILES string of the molecule is COC(=O)N1C(=O)[C@@H]2[C@@H](CC(C(C)C)=C3[C@@H](CC/C(=C/c4ccc(O)cc4)c4ccccn4)OB(O)C[C@@H]32)C1=O. The fourth-order valence-electron chi connectivity index (χ4n) is 6.41. The summed E-state index contributed by atoms with van der Waals surface area (Å²) >= 11 is 0. The maximum absolute atomic E-state index is 13.4. The van der Waals surface area contributed by atoms with E-state index in [1.165, 1.54) is 0 Å². The van der Waals surface area contributed by atoms with Gasteiger partial charge in [0.1, 0.15) is 5.75 Å². The Balaban J connectivity index is 1.48. The fraction of sp³-hybridized carbons (Fsp3) is 0.400. The van der Waals surface area contributed by atoms with E-state index >= 15 is 0 Å². The molecule has 0 saturated carbocycles. The molecule has 0 spiro atoms. The van der Waals surface area contributed by atoms with Crippen LogP contribution in [-0.2, 0) is 19.0 Å². The topological polar surface area (TPSA) is 126 Å². The molecule has 3 amide bonds. The Hall–Kier alpha value is -3.76. The van der Waals surface area contributed by atoms with Gasteiger partial charge in [0.15, 0.2) is 0 Å². The predicted molar refractivity (Wildman–Crippen MR) is 148 cm³/mol. The first-order valence-corrected chi connectivity index (χ1v) is 13.6. The van der Waals surface area contributed by atoms with Gasteiger partial charge in [-0.1, -0.05) is 37.6 Å². The number of likely N-dealkylation sites (tertiary alicyclic amines) is 1. The maximum Gasteiger partial charge on any atom is 0.455 e. The Bertz CT molecular complexity index is 1360. The number of fused-ring (bicyclic) bond motifs is 3. The predicted octanol–water partition coefficient (Wildman–Crippen LogP) is 4.33. The molecular formula is C30H33BN2O7. The van der Waals surface area contributed by atoms with Crippen LogP contribution in [0.4, 0.5) is 4.79 Å². The average Bonchev–Trinajstić information content (AvgIpc) is 3.20. The van der Waals surface area contributed by atoms with Crippen molar-refractivity contribution in [3.63, 3.8) is 0 Å². The number of amides is 3. The van der Waals surface area contributed by atoms with Gasteiger partial charge in [-0.05, 0) is 84.5 Å². The van der Waals surface area contributed by atoms with Gasteiger partial charge in [0.2, 0.25) is 11.8 Å². The lowest BCUT2D eigenvalue weighted by molar-refractivity contribution is -0.137. The molecule has 3 aliphatic rings. The monoisotopic (exact) mass is 544 g/mol. The zero-order chi connectivity index (χ0) is 28.6. The summed E-state index contributed by atoms with van der Waals surface area (Å²) < 4.78 is 10.8. The molecule has 5 rings (SSSR count). The summed E-state index contributed by atoms with van der Waals surface area (Å²) in [6, 6.07) is 12.6. The van der Waals surface area contributed by atoms with Gasteiger partial charge in [0.05, 0.1) is 30.7 Å². The number of hydrogen-bond acceptors (Lipinski definition) is 8. The molecule has 4 atom stereocenters. The lowest BCUT2D eigenvalue weighted by atomic mass is 9.57. The van der Waals surface area contributed by atoms with Crippen molar-refractivity contribution in [1.29, 1.82) is 0 Å². The van der Waals surface area contributed by atoms with E-state index in [1.54, 1.807) is 18.3 Å². The van der Waals surface area contributed by atoms with Crippen LogP contribution in [0.1, 0.15) is 44.4 Å². The van der Waals surface area contributed by atoms with Gasteiger partial charge in [-0.25, -0.2) is 4.79 Å². The Morgan fingerprint density at radius 3 is 2.58 bits per heavy atom. The number of pyridine rings is 1. The molecule has 2 N–H and O–H groups in total. The molecule has 10 heteroatoms. The molecule has 0 unspecified atom stereocenters. The highest BCUT2D eigenvalue weighted by atomic mass is 16.5. The Morgan fingerprint density at radius 2 is 1.93 bits per heavy atom. The summed E-state index contributed by atoms with van der Waals surface area (Å²) in [5, 5.41) is 20.5. The van der Waals surface area contributed by atoms with E-state index in [4.69, 9.17) is 9.39 Å². The molecule has 1 aromatic heterocycles. The summed E-state index contributed by atoms with van der Waals surface area (Å²) in [4.78, 5) is 44.1. The highest BCUT2D eigenvalue weighted by Gasteiger charge is 2.59. The van der Waals surface area contributed by atoms with Gasteiger partial charge >= 0.3 is 13.2 Å². The van der Waals surface area contributed by atoms with Crippen LogP contribution in [0.5, 0.6) is 5.75 Å². The first kappa shape index (κ1) is 27.8. The number of carbonyl (C=O) groups excluding carboxylic acids is 3. The zero-order valence-electron chi connectivity index (χ0n) is 22.8. The molecule has 2 aromatic rings. The Kier molecular flexibility index (Phi) is 7.91. The van der Waals surface area contributed by atoms with Crippen molar-refractivity contribution < 1.29 is 33.9 Å². The molecule has 2 saturated heterocycles. The minimum absolute atomic E-state index is 0.0812. The number of aromatic hydroxyl groups is 1. The zero-order valence-corrected chi connectivity index (χ0v) is 22.8. The number of nitrogens with zero attached hydrogens (tertiary/aromatic N) is 2. The molecule has 208 valence electrons. The summed E-state index contributed by atoms with van der Waals surface area (Å²) in [6.07, 6.45) is 3.90. The number of ether oxygens (including phenoxy) is 1. The molecule has 1 aliphatic carbocycles. The van der Waals surface area contributed by atoms with E-state index in [9.17, 15) is 24.5 Å². The van der Waals surface area contributed by atoms with Crippen molar-refractivity contribution in [3.8, 4) is 5.75 Å². The summed E-state index contributed by atoms with van der Waals surface area (Å²) in [5.41, 5.74) is 4.66. The minimum atomic E-state index is -1.11. The maximum atomic E-state index is 13.4. The normalized spacial score (nSPS) is 24.9. The number of benzene rings is 1. The van der Waals surface area contributed by atoms with Crippen LogP contribution in [0, 0.1) is 23.7 Å². The second kappa shape index (κ2) is 11.4. The lowest BCUT2D eigenvalue weighted by Gasteiger charge is -2.44. The highest BCUT2D eigenvalue weighted by Crippen LogP contribution is 2.52. The highest BCUT2D eigenvalue weighted by molar-refractivity contribution is 6.43. The molecule has 0 bridgehead atoms. The molecule has 2 fully saturated rings. The van der Waals surface area contributed by atoms with Crippen molar-refractivity contribution in [3.05, 3.63) is 71.1 Å². The van der Waals surface area contributed by atoms with Crippen molar-refractivity contribution in [2.45, 2.75) is 45.5 Å². The number of rotatable bonds is 6. The first-order chi connectivity index (χ1) is 19.2. The number of hydrogen-bond donors (Lipinski definition) is 2. The van der Waals surface area contributed by atoms with Gasteiger partial charge in [-0.2, -0.15) is 4.90 Å². The van der Waals surface area contributed by atoms with Crippen LogP contribution < -0.4 is 0 Å². The van der Waals surface area contributed by atoms with Crippen LogP contribution in [0.2, 0.25) is 6.32 Å². The Labute approximate surface area is 233 Å². The second-order valence-corrected chi connectivity index (χ2v) is 10.9. The molecule has 1 aromatic carbocycles. The van der Waals surface area contributed by atoms with E-state index < -0.39 is 48.9 Å². The van der Waals surface area contributed by atoms with E-state index in [1.807, 2.05) is 50.3 Å². The number of phenolic OH excluding ortho intramolecular Hbond substituents is 1. The smallest absolute Gasteiger partial charge is 0.455 e. The van der Waals surface area contributed by atoms with Gasteiger partial charge in [-0.3, -0.25) is 14.6 Å². The third-order valence-corrected chi connectivity index (χ3v) is 8.20. The van der Waals surface area contributed by atoms with Crippen molar-refractivity contribution >= 4 is 36.7 Å². The quantitative estimate of drug-likeness (QED) is 0.313. The number of allylic oxidation sites excluding steroid dienone is 2. The largest absolute Gasteiger partial charge is 0.508 e. The summed E-state index contributed by atoms with van der Waals surface area (Å²) in [6.45, 7) is 4.09. The third-order valence-electron chi connectivity index (χ3n) is 8.20. The van der Waals surface area contributed by atoms with Crippen LogP contribution in [0.25, 0.3) is 11.6 Å². The molecular weight excluding hydrogens is 511 g/mol. The fourth-order valence-corrected chi connectivity index (χ4v) is 6.41. The minimum Gasteiger partial charge on any atom is -0.508 e. The van der Waals surface area contributed by atoms with Gasteiger partial charge in [-0.15, -0.1) is 0 Å². The lowest BCUT2D eigenvalue weighted by Crippen LogP contribution is -2.46. The number of carbonyl (C=O) groups is 3. The van der Waals surface area contributed by atoms with Crippen LogP contribution in [0.3, 0.4) is 0 Å². The molecule has 40 heavy (non-hydrogen) atoms. The number of phenols is 1. The van der Waals surface area contributed by atoms with Crippen molar-refractivity contribution in [2.75, 3.05) is 7.11 Å². The number of imide groups is 3. The summed E-state index contributed by atoms with van der Waals surface area (Å²) in [5.74, 6) is -2.67. The third kappa shape index (κ3) is 5.21. The van der Waals surface area contributed by atoms with Crippen molar-refractivity contribution in [1.82, 2.24) is 9.88 Å². The molecule has 3 heterocycles. The van der Waals surface area contributed by atoms with Crippen LogP contribution >= 0.6 is 0 Å². The van der Waals surface area contributed by atoms with E-state index in [0.29, 0.717) is 24.2 Å². The standard InChI is InChI=1S/C30H33BN2O7/c1-17(2)21-15-22-27(29(36)33(28(22)35)30(37)39-3)23-16-31(38)40-25(26(21)23)12-9-19(24-6-4-5-13-32-24)14-18-7-10-20(34)11-8-18/h4-8,10-11,13-14,17,22-23,25,27,34,38H,9,12,15-16H2,1-3H3/b19-14-/t22-,23+,25-,27-/m1/s1. The van der Waals surface area contributed by atoms with Gasteiger partial charge in [0, 0.05) is 6.20 Å². The first-order valence-electron chi connectivity index (χ1n) is 13.6. The van der Waals surface area contributed by atoms with Gasteiger partial charge < -0.3 is 19.5 Å². The summed E-state index contributed by atoms with van der Waals surface area (Å²) in [7, 11) is 0.0352. The Morgan fingerprint density at radius 1 is 1.18 bits per heavy atom. The average molecular weight is 544 g/mol. The van der Waals surface area contributed by atoms with E-state index in [2.05, 4.69) is 4.98 Å². The van der Waals surface area contributed by atoms with E-state index in [-0.39, 0.29) is 18.0 Å².